The van der Waals surface area contributed by atoms with Gasteiger partial charge in [-0.15, -0.1) is 18.8 Å². The third-order valence-corrected chi connectivity index (χ3v) is 1.57. The maximum atomic E-state index is 4.65. The van der Waals surface area contributed by atoms with Gasteiger partial charge in [0, 0.05) is 20.4 Å². The summed E-state index contributed by atoms with van der Waals surface area (Å²) in [5.74, 6) is 0. The monoisotopic (exact) mass is 307 g/mol. The Morgan fingerprint density at radius 3 is 2.14 bits per heavy atom. The summed E-state index contributed by atoms with van der Waals surface area (Å²) in [6.45, 7) is 0. The molecule has 0 spiro atoms. The van der Waals surface area contributed by atoms with Gasteiger partial charge < -0.3 is 5.32 Å². The van der Waals surface area contributed by atoms with Crippen LogP contribution in [-0.4, -0.2) is 17.6 Å². The van der Waals surface area contributed by atoms with Gasteiger partial charge in [-0.05, 0) is 10.6 Å². The molecule has 0 saturated heterocycles. The van der Waals surface area contributed by atoms with Crippen molar-refractivity contribution in [2.75, 3.05) is 13.3 Å². The van der Waals surface area contributed by atoms with Crippen LogP contribution in [0.4, 0.5) is 0 Å². The molecule has 0 bridgehead atoms. The Hall–Kier alpha value is 0.902. The van der Waals surface area contributed by atoms with E-state index in [2.05, 4.69) is 17.5 Å². The van der Waals surface area contributed by atoms with Crippen molar-refractivity contribution in [2.24, 2.45) is 0 Å². The van der Waals surface area contributed by atoms with Crippen LogP contribution in [0.5, 0.6) is 0 Å². The molecule has 0 heterocycles. The van der Waals surface area contributed by atoms with Crippen molar-refractivity contribution >= 4 is 28.3 Å². The number of thiocarbonyl (C=S) groups is 1. The summed E-state index contributed by atoms with van der Waals surface area (Å²) in [4.78, 5) is 0. The van der Waals surface area contributed by atoms with Crippen LogP contribution >= 0.6 is 24.0 Å². The summed E-state index contributed by atoms with van der Waals surface area (Å²) in [6, 6.07) is 0. The third kappa shape index (κ3) is 6.90. The normalized spacial score (nSPS) is 6.57. The van der Waals surface area contributed by atoms with Crippen molar-refractivity contribution < 1.29 is 20.4 Å². The Morgan fingerprint density at radius 2 is 2.14 bits per heavy atom. The molecule has 0 fully saturated rings. The van der Waals surface area contributed by atoms with Gasteiger partial charge in [0.05, 0.1) is 0 Å². The van der Waals surface area contributed by atoms with Crippen molar-refractivity contribution in [3.05, 3.63) is 5.32 Å². The number of hydrogen-bond donors (Lipinski definition) is 0. The first-order chi connectivity index (χ1) is 2.81. The predicted octanol–water partition coefficient (Wildman–Crippen LogP) is 1.64. The van der Waals surface area contributed by atoms with Crippen LogP contribution in [0.2, 0.25) is 0 Å². The van der Waals surface area contributed by atoms with Gasteiger partial charge in [0.2, 0.25) is 0 Å². The number of nitrogens with zero attached hydrogens (tertiary/aromatic N) is 1. The first-order valence-electron chi connectivity index (χ1n) is 1.49. The topological polar surface area (TPSA) is 14.1 Å². The summed E-state index contributed by atoms with van der Waals surface area (Å²) in [7, 11) is 1.69. The van der Waals surface area contributed by atoms with Crippen LogP contribution in [0.3, 0.4) is 0 Å². The van der Waals surface area contributed by atoms with Gasteiger partial charge in [-0.25, -0.2) is 0 Å². The molecule has 0 atom stereocenters. The number of hydrogen-bond acceptors (Lipinski definition) is 2. The second-order valence-electron chi connectivity index (χ2n) is 0.694. The fourth-order valence-electron chi connectivity index (χ4n) is 0.0913. The summed E-state index contributed by atoms with van der Waals surface area (Å²) in [5, 5.41) is 3.70. The second-order valence-corrected chi connectivity index (χ2v) is 2.13. The molecule has 0 aromatic heterocycles. The van der Waals surface area contributed by atoms with Gasteiger partial charge in [0.1, 0.15) is 0 Å². The largest absolute Gasteiger partial charge is 0.672 e. The van der Waals surface area contributed by atoms with Crippen molar-refractivity contribution in [1.82, 2.24) is 0 Å². The molecule has 4 heteroatoms. The molecule has 0 N–H and O–H groups in total. The molecule has 1 nitrogen and oxygen atoms in total. The molecular weight excluding hydrogens is 300 g/mol. The Morgan fingerprint density at radius 1 is 1.71 bits per heavy atom. The summed E-state index contributed by atoms with van der Waals surface area (Å²) in [5.41, 5.74) is 0. The van der Waals surface area contributed by atoms with E-state index in [0.717, 1.165) is 4.32 Å². The second kappa shape index (κ2) is 6.90. The van der Waals surface area contributed by atoms with Gasteiger partial charge in [0.25, 0.3) is 0 Å². The zero-order chi connectivity index (χ0) is 4.99. The van der Waals surface area contributed by atoms with Crippen molar-refractivity contribution in [2.45, 2.75) is 0 Å². The smallest absolute Gasteiger partial charge is 0 e. The summed E-state index contributed by atoms with van der Waals surface area (Å²) in [6.07, 6.45) is 1.91. The van der Waals surface area contributed by atoms with Gasteiger partial charge in [-0.1, -0.05) is 12.2 Å². The zero-order valence-electron chi connectivity index (χ0n) is 4.14. The van der Waals surface area contributed by atoms with E-state index in [1.807, 2.05) is 6.26 Å². The Balaban J connectivity index is 0. The van der Waals surface area contributed by atoms with E-state index in [0.29, 0.717) is 0 Å². The summed E-state index contributed by atoms with van der Waals surface area (Å²) >= 11 is 6.14. The third-order valence-electron chi connectivity index (χ3n) is 0.357. The van der Waals surface area contributed by atoms with Gasteiger partial charge >= 0.3 is 0 Å². The molecule has 0 saturated carbocycles. The first-order valence-corrected chi connectivity index (χ1v) is 3.12. The minimum absolute atomic E-state index is 0. The minimum Gasteiger partial charge on any atom is -0.672 e. The molecule has 0 amide bonds. The molecule has 0 unspecified atom stereocenters. The molecule has 1 radical (unpaired) electrons. The minimum atomic E-state index is 0. The Kier molecular flexibility index (Phi) is 10.7. The maximum Gasteiger partial charge on any atom is 0 e. The standard InChI is InChI=1S/C3H7NS2.Re/c1-4-3(5)6-2;/h1-2H3,(H,4,5);/p-1. The van der Waals surface area contributed by atoms with Crippen LogP contribution < -0.4 is 0 Å². The molecule has 0 aromatic rings. The first kappa shape index (κ1) is 10.8. The average Bonchev–Trinajstić information content (AvgIpc) is 1.65. The van der Waals surface area contributed by atoms with Gasteiger partial charge in [0.15, 0.2) is 0 Å². The Labute approximate surface area is 67.3 Å². The predicted molar refractivity (Wildman–Crippen MR) is 35.4 cm³/mol. The van der Waals surface area contributed by atoms with Crippen molar-refractivity contribution in [3.8, 4) is 0 Å². The average molecular weight is 306 g/mol. The van der Waals surface area contributed by atoms with E-state index in [1.165, 1.54) is 11.8 Å². The number of thioether (sulfide) groups is 1. The molecule has 0 rings (SSSR count). The van der Waals surface area contributed by atoms with Gasteiger partial charge in [-0.2, -0.15) is 0 Å². The Bertz CT molecular complexity index is 50.9. The fraction of sp³-hybridized carbons (Fsp3) is 0.667. The van der Waals surface area contributed by atoms with Crippen molar-refractivity contribution in [3.63, 3.8) is 0 Å². The molecule has 0 aliphatic heterocycles. The molecule has 0 aliphatic rings. The maximum absolute atomic E-state index is 4.65. The van der Waals surface area contributed by atoms with E-state index in [9.17, 15) is 0 Å². The molecular formula is C3H6NReS2-. The molecule has 7 heavy (non-hydrogen) atoms. The van der Waals surface area contributed by atoms with E-state index < -0.39 is 0 Å². The molecule has 0 aliphatic carbocycles. The fourth-order valence-corrected chi connectivity index (χ4v) is 0.274. The van der Waals surface area contributed by atoms with E-state index >= 15 is 0 Å². The zero-order valence-corrected chi connectivity index (χ0v) is 8.49. The number of rotatable bonds is 0. The van der Waals surface area contributed by atoms with Gasteiger partial charge in [-0.3, -0.25) is 0 Å². The van der Waals surface area contributed by atoms with E-state index in [-0.39, 0.29) is 20.4 Å². The molecule has 0 aromatic carbocycles. The molecule has 43 valence electrons. The van der Waals surface area contributed by atoms with E-state index in [1.54, 1.807) is 7.05 Å². The van der Waals surface area contributed by atoms with Crippen LogP contribution in [0.1, 0.15) is 0 Å². The SMILES string of the molecule is C[N-]C(=S)SC.[Re]. The summed E-state index contributed by atoms with van der Waals surface area (Å²) < 4.78 is 0.718. The van der Waals surface area contributed by atoms with E-state index in [4.69, 9.17) is 0 Å². The quantitative estimate of drug-likeness (QED) is 0.632. The van der Waals surface area contributed by atoms with Crippen LogP contribution in [0.15, 0.2) is 0 Å². The van der Waals surface area contributed by atoms with Crippen LogP contribution in [0, 0.1) is 0 Å². The van der Waals surface area contributed by atoms with Crippen LogP contribution in [-0.2, 0) is 20.4 Å². The van der Waals surface area contributed by atoms with Crippen molar-refractivity contribution in [1.29, 1.82) is 0 Å². The van der Waals surface area contributed by atoms with Crippen LogP contribution in [0.25, 0.3) is 5.32 Å².